The predicted molar refractivity (Wildman–Crippen MR) is 51.1 cm³/mol. The van der Waals surface area contributed by atoms with E-state index in [9.17, 15) is 0 Å². The van der Waals surface area contributed by atoms with Crippen LogP contribution in [0.1, 0.15) is 17.4 Å². The Morgan fingerprint density at radius 3 is 2.69 bits per heavy atom. The lowest BCUT2D eigenvalue weighted by atomic mass is 10.1. The number of hydrogen-bond donors (Lipinski definition) is 1. The maximum Gasteiger partial charge on any atom is 0.139 e. The zero-order valence-electron chi connectivity index (χ0n) is 6.74. The van der Waals surface area contributed by atoms with Crippen LogP contribution in [0.3, 0.4) is 0 Å². The van der Waals surface area contributed by atoms with Crippen molar-refractivity contribution < 1.29 is 8.83 Å². The van der Waals surface area contributed by atoms with E-state index in [1.165, 1.54) is 0 Å². The Balaban J connectivity index is 2.33. The van der Waals surface area contributed by atoms with Crippen LogP contribution in [0.5, 0.6) is 0 Å². The van der Waals surface area contributed by atoms with Crippen LogP contribution in [-0.2, 0) is 0 Å². The molecule has 0 aliphatic carbocycles. The van der Waals surface area contributed by atoms with Crippen molar-refractivity contribution in [1.82, 2.24) is 0 Å². The molecule has 68 valence electrons. The molecule has 0 radical (unpaired) electrons. The van der Waals surface area contributed by atoms with Gasteiger partial charge in [-0.05, 0) is 28.1 Å². The lowest BCUT2D eigenvalue weighted by molar-refractivity contribution is 0.484. The van der Waals surface area contributed by atoms with E-state index < -0.39 is 0 Å². The second-order valence-electron chi connectivity index (χ2n) is 2.67. The molecule has 0 amide bonds. The second-order valence-corrected chi connectivity index (χ2v) is 3.52. The summed E-state index contributed by atoms with van der Waals surface area (Å²) in [6.45, 7) is 0. The Hall–Kier alpha value is -1.00. The van der Waals surface area contributed by atoms with Crippen LogP contribution in [0.15, 0.2) is 44.2 Å². The van der Waals surface area contributed by atoms with E-state index >= 15 is 0 Å². The molecule has 2 N–H and O–H groups in total. The molecule has 3 nitrogen and oxygen atoms in total. The monoisotopic (exact) mass is 241 g/mol. The van der Waals surface area contributed by atoms with Crippen LogP contribution in [0.25, 0.3) is 0 Å². The Kier molecular flexibility index (Phi) is 2.24. The molecular weight excluding hydrogens is 234 g/mol. The molecule has 0 spiro atoms. The second kappa shape index (κ2) is 3.40. The van der Waals surface area contributed by atoms with Crippen LogP contribution in [0.4, 0.5) is 0 Å². The molecule has 4 heteroatoms. The summed E-state index contributed by atoms with van der Waals surface area (Å²) in [7, 11) is 0. The predicted octanol–water partition coefficient (Wildman–Crippen LogP) is 2.68. The van der Waals surface area contributed by atoms with Gasteiger partial charge in [-0.25, -0.2) is 0 Å². The van der Waals surface area contributed by atoms with Gasteiger partial charge in [0, 0.05) is 5.56 Å². The Morgan fingerprint density at radius 1 is 1.31 bits per heavy atom. The molecule has 1 unspecified atom stereocenters. The maximum atomic E-state index is 5.92. The molecule has 0 saturated heterocycles. The van der Waals surface area contributed by atoms with Gasteiger partial charge in [0.15, 0.2) is 0 Å². The molecule has 0 saturated carbocycles. The highest BCUT2D eigenvalue weighted by Crippen LogP contribution is 2.27. The zero-order chi connectivity index (χ0) is 9.26. The van der Waals surface area contributed by atoms with Crippen molar-refractivity contribution in [3.05, 3.63) is 46.7 Å². The summed E-state index contributed by atoms with van der Waals surface area (Å²) in [5.41, 5.74) is 6.82. The Morgan fingerprint density at radius 2 is 2.15 bits per heavy atom. The Bertz CT molecular complexity index is 380. The molecule has 2 aromatic rings. The lowest BCUT2D eigenvalue weighted by Gasteiger charge is -2.05. The Labute approximate surface area is 83.6 Å². The summed E-state index contributed by atoms with van der Waals surface area (Å²) in [6, 6.07) is 3.36. The maximum absolute atomic E-state index is 5.92. The number of hydrogen-bond acceptors (Lipinski definition) is 3. The van der Waals surface area contributed by atoms with Crippen LogP contribution >= 0.6 is 15.9 Å². The third-order valence-corrected chi connectivity index (χ3v) is 2.48. The fraction of sp³-hybridized carbons (Fsp3) is 0.111. The van der Waals surface area contributed by atoms with Gasteiger partial charge in [0.05, 0.1) is 29.3 Å². The summed E-state index contributed by atoms with van der Waals surface area (Å²) in [5.74, 6) is 0.710. The first kappa shape index (κ1) is 8.59. The summed E-state index contributed by atoms with van der Waals surface area (Å²) < 4.78 is 11.0. The van der Waals surface area contributed by atoms with Crippen LogP contribution in [-0.4, -0.2) is 0 Å². The first-order valence-electron chi connectivity index (χ1n) is 3.79. The molecule has 2 rings (SSSR count). The van der Waals surface area contributed by atoms with Crippen molar-refractivity contribution >= 4 is 15.9 Å². The topological polar surface area (TPSA) is 52.3 Å². The smallest absolute Gasteiger partial charge is 0.139 e. The van der Waals surface area contributed by atoms with E-state index in [2.05, 4.69) is 15.9 Å². The highest BCUT2D eigenvalue weighted by Gasteiger charge is 2.16. The third-order valence-electron chi connectivity index (χ3n) is 1.83. The van der Waals surface area contributed by atoms with Crippen LogP contribution in [0, 0.1) is 0 Å². The molecule has 1 atom stereocenters. The van der Waals surface area contributed by atoms with E-state index in [1.807, 2.05) is 12.1 Å². The molecule has 0 bridgehead atoms. The largest absolute Gasteiger partial charge is 0.472 e. The number of furan rings is 2. The molecule has 2 heterocycles. The van der Waals surface area contributed by atoms with Crippen molar-refractivity contribution in [2.45, 2.75) is 6.04 Å². The van der Waals surface area contributed by atoms with Gasteiger partial charge < -0.3 is 14.6 Å². The highest BCUT2D eigenvalue weighted by molar-refractivity contribution is 9.10. The van der Waals surface area contributed by atoms with Crippen LogP contribution < -0.4 is 5.73 Å². The van der Waals surface area contributed by atoms with Crippen molar-refractivity contribution in [2.24, 2.45) is 5.73 Å². The van der Waals surface area contributed by atoms with Gasteiger partial charge in [-0.1, -0.05) is 0 Å². The van der Waals surface area contributed by atoms with Gasteiger partial charge in [0.25, 0.3) is 0 Å². The van der Waals surface area contributed by atoms with Gasteiger partial charge in [0.1, 0.15) is 5.76 Å². The number of nitrogens with two attached hydrogens (primary N) is 1. The minimum absolute atomic E-state index is 0.275. The fourth-order valence-electron chi connectivity index (χ4n) is 1.13. The van der Waals surface area contributed by atoms with Crippen molar-refractivity contribution in [3.63, 3.8) is 0 Å². The first-order chi connectivity index (χ1) is 6.29. The van der Waals surface area contributed by atoms with Gasteiger partial charge >= 0.3 is 0 Å². The van der Waals surface area contributed by atoms with Crippen molar-refractivity contribution in [1.29, 1.82) is 0 Å². The van der Waals surface area contributed by atoms with E-state index in [0.717, 1.165) is 10.0 Å². The van der Waals surface area contributed by atoms with Gasteiger partial charge in [-0.15, -0.1) is 0 Å². The molecular formula is C9H8BrNO2. The summed E-state index contributed by atoms with van der Waals surface area (Å²) >= 11 is 3.35. The average molecular weight is 242 g/mol. The summed E-state index contributed by atoms with van der Waals surface area (Å²) in [6.07, 6.45) is 4.80. The fourth-order valence-corrected chi connectivity index (χ4v) is 1.58. The average Bonchev–Trinajstić information content (AvgIpc) is 2.72. The van der Waals surface area contributed by atoms with E-state index in [0.29, 0.717) is 5.76 Å². The molecule has 13 heavy (non-hydrogen) atoms. The molecule has 0 fully saturated rings. The van der Waals surface area contributed by atoms with Gasteiger partial charge in [-0.3, -0.25) is 0 Å². The number of rotatable bonds is 2. The van der Waals surface area contributed by atoms with E-state index in [-0.39, 0.29) is 6.04 Å². The summed E-state index contributed by atoms with van der Waals surface area (Å²) in [4.78, 5) is 0. The minimum atomic E-state index is -0.275. The van der Waals surface area contributed by atoms with Crippen molar-refractivity contribution in [2.75, 3.05) is 0 Å². The zero-order valence-corrected chi connectivity index (χ0v) is 8.32. The molecule has 0 aliphatic rings. The van der Waals surface area contributed by atoms with E-state index in [4.69, 9.17) is 14.6 Å². The third kappa shape index (κ3) is 1.55. The van der Waals surface area contributed by atoms with Gasteiger partial charge in [0.2, 0.25) is 0 Å². The normalized spacial score (nSPS) is 13.1. The minimum Gasteiger partial charge on any atom is -0.472 e. The van der Waals surface area contributed by atoms with Gasteiger partial charge in [-0.2, -0.15) is 0 Å². The van der Waals surface area contributed by atoms with E-state index in [1.54, 1.807) is 18.8 Å². The quantitative estimate of drug-likeness (QED) is 0.880. The van der Waals surface area contributed by atoms with Crippen molar-refractivity contribution in [3.8, 4) is 0 Å². The highest BCUT2D eigenvalue weighted by atomic mass is 79.9. The lowest BCUT2D eigenvalue weighted by Crippen LogP contribution is -2.10. The standard InChI is InChI=1S/C9H8BrNO2/c10-7-2-4-13-9(7)8(11)6-1-3-12-5-6/h1-5,8H,11H2. The summed E-state index contributed by atoms with van der Waals surface area (Å²) in [5, 5.41) is 0. The first-order valence-corrected chi connectivity index (χ1v) is 4.59. The molecule has 0 aliphatic heterocycles. The van der Waals surface area contributed by atoms with Crippen LogP contribution in [0.2, 0.25) is 0 Å². The molecule has 2 aromatic heterocycles. The molecule has 0 aromatic carbocycles. The number of halogens is 1. The SMILES string of the molecule is NC(c1ccoc1)c1occc1Br.